The molecule has 1 rings (SSSR count). The Balaban J connectivity index is 2.05. The largest absolute Gasteiger partial charge is 0.355 e. The van der Waals surface area contributed by atoms with Gasteiger partial charge in [0.2, 0.25) is 12.3 Å². The Morgan fingerprint density at radius 1 is 1.67 bits per heavy atom. The van der Waals surface area contributed by atoms with Gasteiger partial charge in [0.1, 0.15) is 0 Å². The number of nitrogens with one attached hydrogen (secondary N) is 2. The van der Waals surface area contributed by atoms with Gasteiger partial charge >= 0.3 is 0 Å². The van der Waals surface area contributed by atoms with Crippen LogP contribution < -0.4 is 10.6 Å². The molecule has 1 heterocycles. The zero-order chi connectivity index (χ0) is 10.9. The molecule has 0 aliphatic rings. The second-order valence-corrected chi connectivity index (χ2v) is 2.76. The van der Waals surface area contributed by atoms with E-state index in [-0.39, 0.29) is 12.5 Å². The van der Waals surface area contributed by atoms with Crippen LogP contribution in [0.3, 0.4) is 0 Å². The maximum absolute atomic E-state index is 11.1. The SMILES string of the molecule is C#CCNCC(=O)NCCc1ncon1. The van der Waals surface area contributed by atoms with Gasteiger partial charge in [-0.2, -0.15) is 4.98 Å². The fourth-order valence-electron chi connectivity index (χ4n) is 0.927. The Labute approximate surface area is 87.4 Å². The third-order valence-electron chi connectivity index (χ3n) is 1.59. The van der Waals surface area contributed by atoms with E-state index in [1.807, 2.05) is 0 Å². The molecular formula is C9H12N4O2. The molecule has 80 valence electrons. The third-order valence-corrected chi connectivity index (χ3v) is 1.59. The van der Waals surface area contributed by atoms with Crippen LogP contribution in [0.25, 0.3) is 0 Å². The first-order chi connectivity index (χ1) is 7.33. The van der Waals surface area contributed by atoms with Crippen molar-refractivity contribution in [1.82, 2.24) is 20.8 Å². The zero-order valence-electron chi connectivity index (χ0n) is 8.19. The highest BCUT2D eigenvalue weighted by atomic mass is 16.5. The maximum atomic E-state index is 11.1. The number of rotatable bonds is 6. The van der Waals surface area contributed by atoms with Crippen molar-refractivity contribution in [1.29, 1.82) is 0 Å². The lowest BCUT2D eigenvalue weighted by Crippen LogP contribution is -2.35. The van der Waals surface area contributed by atoms with Crippen molar-refractivity contribution < 1.29 is 9.32 Å². The molecule has 15 heavy (non-hydrogen) atoms. The number of amides is 1. The standard InChI is InChI=1S/C9H12N4O2/c1-2-4-10-6-9(14)11-5-3-8-12-7-15-13-8/h1,7,10H,3-6H2,(H,11,14). The van der Waals surface area contributed by atoms with Crippen molar-refractivity contribution in [3.05, 3.63) is 12.2 Å². The summed E-state index contributed by atoms with van der Waals surface area (Å²) in [5, 5.41) is 9.08. The Morgan fingerprint density at radius 2 is 2.53 bits per heavy atom. The van der Waals surface area contributed by atoms with Crippen LogP contribution in [-0.4, -0.2) is 35.7 Å². The molecule has 0 atom stereocenters. The average Bonchev–Trinajstić information content (AvgIpc) is 2.71. The first kappa shape index (κ1) is 11.2. The molecule has 1 amide bonds. The van der Waals surface area contributed by atoms with Crippen molar-refractivity contribution in [3.8, 4) is 12.3 Å². The van der Waals surface area contributed by atoms with Crippen LogP contribution in [0, 0.1) is 12.3 Å². The fraction of sp³-hybridized carbons (Fsp3) is 0.444. The van der Waals surface area contributed by atoms with Crippen LogP contribution in [0.4, 0.5) is 0 Å². The van der Waals surface area contributed by atoms with E-state index in [1.54, 1.807) is 0 Å². The van der Waals surface area contributed by atoms with Gasteiger partial charge in [-0.05, 0) is 0 Å². The predicted molar refractivity (Wildman–Crippen MR) is 52.7 cm³/mol. The highest BCUT2D eigenvalue weighted by Crippen LogP contribution is 1.87. The van der Waals surface area contributed by atoms with Gasteiger partial charge in [-0.3, -0.25) is 10.1 Å². The normalized spacial score (nSPS) is 9.53. The summed E-state index contributed by atoms with van der Waals surface area (Å²) < 4.78 is 4.54. The second-order valence-electron chi connectivity index (χ2n) is 2.76. The molecule has 0 aliphatic carbocycles. The van der Waals surface area contributed by atoms with Gasteiger partial charge < -0.3 is 9.84 Å². The highest BCUT2D eigenvalue weighted by molar-refractivity contribution is 5.77. The van der Waals surface area contributed by atoms with Crippen LogP contribution in [0.5, 0.6) is 0 Å². The predicted octanol–water partition coefficient (Wildman–Crippen LogP) is -1.05. The number of hydrogen-bond acceptors (Lipinski definition) is 5. The van der Waals surface area contributed by atoms with E-state index in [4.69, 9.17) is 6.42 Å². The summed E-state index contributed by atoms with van der Waals surface area (Å²) in [5.74, 6) is 2.85. The minimum Gasteiger partial charge on any atom is -0.355 e. The number of hydrogen-bond donors (Lipinski definition) is 2. The van der Waals surface area contributed by atoms with Gasteiger partial charge in [-0.1, -0.05) is 11.1 Å². The zero-order valence-corrected chi connectivity index (χ0v) is 8.19. The first-order valence-corrected chi connectivity index (χ1v) is 4.49. The van der Waals surface area contributed by atoms with Crippen molar-refractivity contribution in [2.45, 2.75) is 6.42 Å². The van der Waals surface area contributed by atoms with Gasteiger partial charge in [0.15, 0.2) is 5.82 Å². The Kier molecular flexibility index (Phi) is 4.90. The summed E-state index contributed by atoms with van der Waals surface area (Å²) >= 11 is 0. The molecule has 0 bridgehead atoms. The van der Waals surface area contributed by atoms with Crippen LogP contribution in [-0.2, 0) is 11.2 Å². The number of nitrogens with zero attached hydrogens (tertiary/aromatic N) is 2. The minimum atomic E-state index is -0.103. The lowest BCUT2D eigenvalue weighted by Gasteiger charge is -2.02. The van der Waals surface area contributed by atoms with Gasteiger partial charge in [0.05, 0.1) is 13.1 Å². The molecule has 1 aromatic rings. The Morgan fingerprint density at radius 3 is 3.20 bits per heavy atom. The quantitative estimate of drug-likeness (QED) is 0.460. The third kappa shape index (κ3) is 4.78. The van der Waals surface area contributed by atoms with Crippen molar-refractivity contribution in [2.75, 3.05) is 19.6 Å². The molecule has 0 saturated carbocycles. The van der Waals surface area contributed by atoms with E-state index < -0.39 is 0 Å². The Hall–Kier alpha value is -1.87. The average molecular weight is 208 g/mol. The second kappa shape index (κ2) is 6.56. The molecule has 0 aromatic carbocycles. The van der Waals surface area contributed by atoms with E-state index in [9.17, 15) is 4.79 Å². The molecule has 6 heteroatoms. The minimum absolute atomic E-state index is 0.103. The molecule has 0 saturated heterocycles. The lowest BCUT2D eigenvalue weighted by molar-refractivity contribution is -0.120. The van der Waals surface area contributed by atoms with Crippen LogP contribution in [0.1, 0.15) is 5.82 Å². The Bertz CT molecular complexity index is 328. The molecular weight excluding hydrogens is 196 g/mol. The smallest absolute Gasteiger partial charge is 0.233 e. The van der Waals surface area contributed by atoms with Crippen molar-refractivity contribution >= 4 is 5.91 Å². The highest BCUT2D eigenvalue weighted by Gasteiger charge is 2.01. The fourth-order valence-corrected chi connectivity index (χ4v) is 0.927. The van der Waals surface area contributed by atoms with Crippen LogP contribution >= 0.6 is 0 Å². The monoisotopic (exact) mass is 208 g/mol. The number of carbonyl (C=O) groups is 1. The van der Waals surface area contributed by atoms with E-state index in [1.165, 1.54) is 6.39 Å². The van der Waals surface area contributed by atoms with Crippen LogP contribution in [0.2, 0.25) is 0 Å². The topological polar surface area (TPSA) is 80.0 Å². The molecule has 0 fully saturated rings. The van der Waals surface area contributed by atoms with E-state index in [0.29, 0.717) is 25.3 Å². The van der Waals surface area contributed by atoms with Crippen molar-refractivity contribution in [2.24, 2.45) is 0 Å². The molecule has 0 unspecified atom stereocenters. The molecule has 0 radical (unpaired) electrons. The summed E-state index contributed by atoms with van der Waals surface area (Å²) in [7, 11) is 0. The maximum Gasteiger partial charge on any atom is 0.233 e. The number of terminal acetylenes is 1. The molecule has 2 N–H and O–H groups in total. The lowest BCUT2D eigenvalue weighted by atomic mass is 10.4. The molecule has 0 aliphatic heterocycles. The number of carbonyl (C=O) groups excluding carboxylic acids is 1. The van der Waals surface area contributed by atoms with Crippen LogP contribution in [0.15, 0.2) is 10.9 Å². The first-order valence-electron chi connectivity index (χ1n) is 4.49. The summed E-state index contributed by atoms with van der Waals surface area (Å²) in [5.41, 5.74) is 0. The van der Waals surface area contributed by atoms with E-state index >= 15 is 0 Å². The van der Waals surface area contributed by atoms with Gasteiger partial charge in [0.25, 0.3) is 0 Å². The van der Waals surface area contributed by atoms with Gasteiger partial charge in [-0.15, -0.1) is 6.42 Å². The molecule has 6 nitrogen and oxygen atoms in total. The molecule has 0 spiro atoms. The van der Waals surface area contributed by atoms with Gasteiger partial charge in [-0.25, -0.2) is 0 Å². The van der Waals surface area contributed by atoms with E-state index in [0.717, 1.165) is 0 Å². The summed E-state index contributed by atoms with van der Waals surface area (Å²) in [6, 6.07) is 0. The summed E-state index contributed by atoms with van der Waals surface area (Å²) in [6.45, 7) is 1.09. The summed E-state index contributed by atoms with van der Waals surface area (Å²) in [6.07, 6.45) is 6.82. The van der Waals surface area contributed by atoms with Gasteiger partial charge in [0, 0.05) is 13.0 Å². The molecule has 1 aromatic heterocycles. The van der Waals surface area contributed by atoms with Crippen molar-refractivity contribution in [3.63, 3.8) is 0 Å². The number of aromatic nitrogens is 2. The van der Waals surface area contributed by atoms with E-state index in [2.05, 4.69) is 31.2 Å². The summed E-state index contributed by atoms with van der Waals surface area (Å²) in [4.78, 5) is 15.0.